The minimum absolute atomic E-state index is 0. The Balaban J connectivity index is 0.00000280. The molecule has 6 heteroatoms. The number of carbonyl (C=O) groups excluding carboxylic acids is 1. The Morgan fingerprint density at radius 2 is 1.89 bits per heavy atom. The molecule has 0 bridgehead atoms. The minimum atomic E-state index is 0. The van der Waals surface area contributed by atoms with Crippen LogP contribution in [-0.4, -0.2) is 40.7 Å². The van der Waals surface area contributed by atoms with Gasteiger partial charge in [0.25, 0.3) is 0 Å². The van der Waals surface area contributed by atoms with E-state index >= 15 is 0 Å². The molecule has 0 saturated carbocycles. The highest BCUT2D eigenvalue weighted by Crippen LogP contribution is 2.22. The number of rotatable bonds is 6. The molecular weight excluding hydrogens is 372 g/mol. The van der Waals surface area contributed by atoms with Crippen LogP contribution in [0.15, 0.2) is 24.3 Å². The third-order valence-electron chi connectivity index (χ3n) is 5.83. The number of nitrogens with one attached hydrogen (secondary N) is 1. The van der Waals surface area contributed by atoms with E-state index in [2.05, 4.69) is 31.3 Å². The van der Waals surface area contributed by atoms with Crippen molar-refractivity contribution in [1.82, 2.24) is 20.0 Å². The number of aromatic nitrogens is 2. The van der Waals surface area contributed by atoms with Gasteiger partial charge in [0.15, 0.2) is 0 Å². The van der Waals surface area contributed by atoms with E-state index in [1.54, 1.807) is 0 Å². The molecule has 0 aliphatic carbocycles. The lowest BCUT2D eigenvalue weighted by Gasteiger charge is -2.23. The molecule has 1 aromatic heterocycles. The maximum atomic E-state index is 12.6. The summed E-state index contributed by atoms with van der Waals surface area (Å²) < 4.78 is 2.01. The lowest BCUT2D eigenvalue weighted by Crippen LogP contribution is -2.30. The second-order valence-corrected chi connectivity index (χ2v) is 7.83. The smallest absolute Gasteiger partial charge is 0.222 e. The van der Waals surface area contributed by atoms with Gasteiger partial charge in [-0.3, -0.25) is 4.79 Å². The van der Waals surface area contributed by atoms with Crippen LogP contribution in [0.4, 0.5) is 0 Å². The average molecular weight is 405 g/mol. The number of hydrogen-bond acceptors (Lipinski definition) is 3. The molecule has 1 amide bonds. The van der Waals surface area contributed by atoms with Crippen LogP contribution >= 0.6 is 12.4 Å². The highest BCUT2D eigenvalue weighted by atomic mass is 35.5. The summed E-state index contributed by atoms with van der Waals surface area (Å²) in [6.07, 6.45) is 4.04. The normalized spacial score (nSPS) is 14.6. The Morgan fingerprint density at radius 1 is 1.21 bits per heavy atom. The molecule has 0 spiro atoms. The van der Waals surface area contributed by atoms with Gasteiger partial charge in [0, 0.05) is 31.3 Å². The zero-order valence-electron chi connectivity index (χ0n) is 17.5. The van der Waals surface area contributed by atoms with Crippen LogP contribution in [0.2, 0.25) is 0 Å². The van der Waals surface area contributed by atoms with E-state index in [0.29, 0.717) is 18.9 Å². The monoisotopic (exact) mass is 404 g/mol. The van der Waals surface area contributed by atoms with Crippen LogP contribution in [0.5, 0.6) is 0 Å². The van der Waals surface area contributed by atoms with E-state index in [9.17, 15) is 4.79 Å². The van der Waals surface area contributed by atoms with Crippen molar-refractivity contribution in [3.05, 3.63) is 46.8 Å². The second kappa shape index (κ2) is 10.1. The van der Waals surface area contributed by atoms with Gasteiger partial charge in [-0.05, 0) is 70.7 Å². The first-order chi connectivity index (χ1) is 13.0. The number of aryl methyl sites for hydroxylation is 2. The van der Waals surface area contributed by atoms with Gasteiger partial charge in [-0.15, -0.1) is 12.4 Å². The average Bonchev–Trinajstić information content (AvgIpc) is 2.95. The topological polar surface area (TPSA) is 50.2 Å². The van der Waals surface area contributed by atoms with Crippen molar-refractivity contribution in [3.8, 4) is 5.69 Å². The van der Waals surface area contributed by atoms with Crippen LogP contribution in [0.25, 0.3) is 5.69 Å². The van der Waals surface area contributed by atoms with Gasteiger partial charge in [-0.2, -0.15) is 5.10 Å². The zero-order valence-corrected chi connectivity index (χ0v) is 18.3. The maximum Gasteiger partial charge on any atom is 0.222 e. The second-order valence-electron chi connectivity index (χ2n) is 7.83. The third kappa shape index (κ3) is 5.15. The predicted molar refractivity (Wildman–Crippen MR) is 116 cm³/mol. The van der Waals surface area contributed by atoms with E-state index in [-0.39, 0.29) is 18.3 Å². The highest BCUT2D eigenvalue weighted by Gasteiger charge is 2.19. The fourth-order valence-corrected chi connectivity index (χ4v) is 3.95. The van der Waals surface area contributed by atoms with Crippen LogP contribution in [-0.2, 0) is 11.3 Å². The number of para-hydroxylation sites is 1. The number of hydrogen-bond donors (Lipinski definition) is 1. The fraction of sp³-hybridized carbons (Fsp3) is 0.545. The number of amides is 1. The molecule has 0 radical (unpaired) electrons. The first-order valence-corrected chi connectivity index (χ1v) is 10.0. The van der Waals surface area contributed by atoms with Crippen molar-refractivity contribution in [3.63, 3.8) is 0 Å². The Bertz CT molecular complexity index is 796. The van der Waals surface area contributed by atoms with Crippen molar-refractivity contribution < 1.29 is 4.79 Å². The van der Waals surface area contributed by atoms with E-state index in [4.69, 9.17) is 5.10 Å². The van der Waals surface area contributed by atoms with Gasteiger partial charge in [0.05, 0.1) is 11.4 Å². The van der Waals surface area contributed by atoms with Crippen LogP contribution in [0, 0.1) is 26.7 Å². The van der Waals surface area contributed by atoms with Crippen molar-refractivity contribution in [1.29, 1.82) is 0 Å². The number of benzene rings is 1. The molecule has 1 aromatic carbocycles. The molecule has 1 saturated heterocycles. The molecule has 28 heavy (non-hydrogen) atoms. The van der Waals surface area contributed by atoms with E-state index in [1.165, 1.54) is 18.4 Å². The molecule has 2 heterocycles. The summed E-state index contributed by atoms with van der Waals surface area (Å²) in [5.74, 6) is 0.923. The number of carbonyl (C=O) groups is 1. The van der Waals surface area contributed by atoms with Gasteiger partial charge in [-0.1, -0.05) is 18.2 Å². The van der Waals surface area contributed by atoms with Crippen molar-refractivity contribution in [2.45, 2.75) is 53.0 Å². The van der Waals surface area contributed by atoms with Gasteiger partial charge >= 0.3 is 0 Å². The Labute approximate surface area is 174 Å². The number of nitrogens with zero attached hydrogens (tertiary/aromatic N) is 3. The van der Waals surface area contributed by atoms with Crippen molar-refractivity contribution in [2.75, 3.05) is 20.1 Å². The molecule has 154 valence electrons. The summed E-state index contributed by atoms with van der Waals surface area (Å²) in [7, 11) is 1.91. The summed E-state index contributed by atoms with van der Waals surface area (Å²) >= 11 is 0. The summed E-state index contributed by atoms with van der Waals surface area (Å²) in [5.41, 5.74) is 5.55. The zero-order chi connectivity index (χ0) is 19.4. The predicted octanol–water partition coefficient (Wildman–Crippen LogP) is 3.96. The van der Waals surface area contributed by atoms with Gasteiger partial charge in [0.1, 0.15) is 0 Å². The minimum Gasteiger partial charge on any atom is -0.341 e. The van der Waals surface area contributed by atoms with Crippen molar-refractivity contribution in [2.24, 2.45) is 5.92 Å². The molecular formula is C22H33ClN4O. The molecule has 2 aromatic rings. The Kier molecular flexibility index (Phi) is 8.08. The Hall–Kier alpha value is -1.85. The summed E-state index contributed by atoms with van der Waals surface area (Å²) in [6.45, 7) is 9.02. The SMILES string of the molecule is Cc1ccccc1-n1nc(C)c(CN(C)C(=O)CCC2CCNCC2)c1C.Cl. The summed E-state index contributed by atoms with van der Waals surface area (Å²) in [4.78, 5) is 14.5. The van der Waals surface area contributed by atoms with Gasteiger partial charge in [0.2, 0.25) is 5.91 Å². The molecule has 0 atom stereocenters. The fourth-order valence-electron chi connectivity index (χ4n) is 3.95. The third-order valence-corrected chi connectivity index (χ3v) is 5.83. The first-order valence-electron chi connectivity index (χ1n) is 10.0. The quantitative estimate of drug-likeness (QED) is 0.792. The van der Waals surface area contributed by atoms with E-state index in [1.807, 2.05) is 35.7 Å². The first kappa shape index (κ1) is 22.4. The van der Waals surface area contributed by atoms with Crippen LogP contribution in [0.3, 0.4) is 0 Å². The van der Waals surface area contributed by atoms with Crippen molar-refractivity contribution >= 4 is 18.3 Å². The molecule has 3 rings (SSSR count). The number of halogens is 1. The molecule has 1 fully saturated rings. The van der Waals surface area contributed by atoms with Crippen LogP contribution < -0.4 is 5.32 Å². The molecule has 1 aliphatic rings. The summed E-state index contributed by atoms with van der Waals surface area (Å²) in [5, 5.41) is 8.13. The lowest BCUT2D eigenvalue weighted by atomic mass is 9.93. The molecule has 0 unspecified atom stereocenters. The lowest BCUT2D eigenvalue weighted by molar-refractivity contribution is -0.130. The maximum absolute atomic E-state index is 12.6. The van der Waals surface area contributed by atoms with Crippen LogP contribution in [0.1, 0.15) is 48.2 Å². The summed E-state index contributed by atoms with van der Waals surface area (Å²) in [6, 6.07) is 8.27. The highest BCUT2D eigenvalue weighted by molar-refractivity contribution is 5.85. The largest absolute Gasteiger partial charge is 0.341 e. The van der Waals surface area contributed by atoms with E-state index < -0.39 is 0 Å². The standard InChI is InChI=1S/C22H32N4O.ClH/c1-16-7-5-6-8-21(16)26-18(3)20(17(2)24-26)15-25(4)22(27)10-9-19-11-13-23-14-12-19;/h5-8,19,23H,9-15H2,1-4H3;1H. The Morgan fingerprint density at radius 3 is 2.57 bits per heavy atom. The van der Waals surface area contributed by atoms with Gasteiger partial charge < -0.3 is 10.2 Å². The van der Waals surface area contributed by atoms with E-state index in [0.717, 1.165) is 42.1 Å². The molecule has 1 aliphatic heterocycles. The van der Waals surface area contributed by atoms with Gasteiger partial charge in [-0.25, -0.2) is 4.68 Å². The molecule has 1 N–H and O–H groups in total. The number of piperidine rings is 1. The molecule has 5 nitrogen and oxygen atoms in total.